The summed E-state index contributed by atoms with van der Waals surface area (Å²) >= 11 is 5.76. The van der Waals surface area contributed by atoms with Gasteiger partial charge in [0.05, 0.1) is 5.02 Å². The summed E-state index contributed by atoms with van der Waals surface area (Å²) in [6.07, 6.45) is 1.92. The fraction of sp³-hybridized carbons (Fsp3) is 0.538. The Bertz CT molecular complexity index is 374. The molecule has 4 heteroatoms. The van der Waals surface area contributed by atoms with E-state index in [1.54, 1.807) is 12.1 Å². The molecular formula is C13H20ClFN2. The molecule has 0 aromatic heterocycles. The highest BCUT2D eigenvalue weighted by Gasteiger charge is 2.16. The third-order valence-electron chi connectivity index (χ3n) is 2.73. The van der Waals surface area contributed by atoms with Gasteiger partial charge in [0.25, 0.3) is 0 Å². The van der Waals surface area contributed by atoms with Gasteiger partial charge in [-0.25, -0.2) is 4.39 Å². The molecule has 2 nitrogen and oxygen atoms in total. The van der Waals surface area contributed by atoms with E-state index in [0.717, 1.165) is 18.4 Å². The van der Waals surface area contributed by atoms with E-state index in [0.29, 0.717) is 0 Å². The molecule has 1 rings (SSSR count). The van der Waals surface area contributed by atoms with Gasteiger partial charge in [-0.2, -0.15) is 0 Å². The van der Waals surface area contributed by atoms with Crippen LogP contribution in [0, 0.1) is 11.2 Å². The van der Waals surface area contributed by atoms with Crippen LogP contribution in [0.25, 0.3) is 0 Å². The van der Waals surface area contributed by atoms with Crippen molar-refractivity contribution in [1.82, 2.24) is 5.43 Å². The topological polar surface area (TPSA) is 38.0 Å². The number of rotatable bonds is 4. The average Bonchev–Trinajstić information content (AvgIpc) is 2.22. The maximum Gasteiger partial charge on any atom is 0.141 e. The fourth-order valence-electron chi connectivity index (χ4n) is 1.65. The lowest BCUT2D eigenvalue weighted by atomic mass is 9.87. The molecule has 0 saturated carbocycles. The maximum absolute atomic E-state index is 13.1. The van der Waals surface area contributed by atoms with Gasteiger partial charge in [-0.1, -0.05) is 38.4 Å². The first-order chi connectivity index (χ1) is 7.83. The number of hydrogen-bond acceptors (Lipinski definition) is 2. The normalized spacial score (nSPS) is 13.8. The Kier molecular flexibility index (Phi) is 4.92. The minimum Gasteiger partial charge on any atom is -0.271 e. The lowest BCUT2D eigenvalue weighted by molar-refractivity contribution is 0.333. The lowest BCUT2D eigenvalue weighted by Gasteiger charge is -2.23. The predicted molar refractivity (Wildman–Crippen MR) is 70.2 cm³/mol. The molecule has 96 valence electrons. The van der Waals surface area contributed by atoms with E-state index in [1.165, 1.54) is 6.07 Å². The summed E-state index contributed by atoms with van der Waals surface area (Å²) in [5, 5.41) is 0.138. The van der Waals surface area contributed by atoms with Crippen molar-refractivity contribution in [1.29, 1.82) is 0 Å². The molecule has 1 aromatic rings. The van der Waals surface area contributed by atoms with Crippen molar-refractivity contribution < 1.29 is 4.39 Å². The summed E-state index contributed by atoms with van der Waals surface area (Å²) in [4.78, 5) is 0. The van der Waals surface area contributed by atoms with Crippen molar-refractivity contribution in [3.8, 4) is 0 Å². The fourth-order valence-corrected chi connectivity index (χ4v) is 1.84. The predicted octanol–water partition coefficient (Wildman–Crippen LogP) is 3.81. The molecule has 0 aliphatic rings. The second kappa shape index (κ2) is 5.80. The summed E-state index contributed by atoms with van der Waals surface area (Å²) < 4.78 is 13.1. The van der Waals surface area contributed by atoms with Crippen molar-refractivity contribution in [2.45, 2.75) is 39.7 Å². The highest BCUT2D eigenvalue weighted by atomic mass is 35.5. The molecule has 0 spiro atoms. The van der Waals surface area contributed by atoms with Gasteiger partial charge in [0.2, 0.25) is 0 Å². The van der Waals surface area contributed by atoms with Crippen LogP contribution in [0.3, 0.4) is 0 Å². The monoisotopic (exact) mass is 258 g/mol. The zero-order valence-electron chi connectivity index (χ0n) is 10.6. The summed E-state index contributed by atoms with van der Waals surface area (Å²) in [5.74, 6) is 5.13. The number of nitrogens with one attached hydrogen (secondary N) is 1. The molecule has 1 unspecified atom stereocenters. The molecule has 0 amide bonds. The third-order valence-corrected chi connectivity index (χ3v) is 3.02. The highest BCUT2D eigenvalue weighted by Crippen LogP contribution is 2.28. The molecule has 0 saturated heterocycles. The van der Waals surface area contributed by atoms with Crippen molar-refractivity contribution >= 4 is 11.6 Å². The SMILES string of the molecule is CC(C)(C)CCC(NN)c1ccc(F)c(Cl)c1. The van der Waals surface area contributed by atoms with Crippen LogP contribution >= 0.6 is 11.6 Å². The van der Waals surface area contributed by atoms with E-state index in [4.69, 9.17) is 17.4 Å². The van der Waals surface area contributed by atoms with Gasteiger partial charge in [0.15, 0.2) is 0 Å². The second-order valence-corrected chi connectivity index (χ2v) is 5.90. The molecule has 0 fully saturated rings. The van der Waals surface area contributed by atoms with Crippen LogP contribution in [0.4, 0.5) is 4.39 Å². The van der Waals surface area contributed by atoms with Gasteiger partial charge in [-0.05, 0) is 36.0 Å². The van der Waals surface area contributed by atoms with E-state index in [9.17, 15) is 4.39 Å². The van der Waals surface area contributed by atoms with Gasteiger partial charge < -0.3 is 0 Å². The molecule has 0 aliphatic carbocycles. The first kappa shape index (κ1) is 14.4. The van der Waals surface area contributed by atoms with Crippen LogP contribution in [0.2, 0.25) is 5.02 Å². The first-order valence-corrected chi connectivity index (χ1v) is 6.12. The summed E-state index contributed by atoms with van der Waals surface area (Å²) in [6, 6.07) is 4.73. The summed E-state index contributed by atoms with van der Waals surface area (Å²) in [7, 11) is 0. The van der Waals surface area contributed by atoms with Gasteiger partial charge >= 0.3 is 0 Å². The molecule has 1 atom stereocenters. The largest absolute Gasteiger partial charge is 0.271 e. The molecule has 1 aromatic carbocycles. The van der Waals surface area contributed by atoms with Gasteiger partial charge in [-0.15, -0.1) is 0 Å². The third kappa shape index (κ3) is 4.62. The number of hydrogen-bond donors (Lipinski definition) is 2. The van der Waals surface area contributed by atoms with Gasteiger partial charge in [-0.3, -0.25) is 11.3 Å². The van der Waals surface area contributed by atoms with Crippen LogP contribution in [0.5, 0.6) is 0 Å². The quantitative estimate of drug-likeness (QED) is 0.637. The van der Waals surface area contributed by atoms with Crippen molar-refractivity contribution in [2.75, 3.05) is 0 Å². The standard InChI is InChI=1S/C13H20ClFN2/c1-13(2,3)7-6-12(17-16)9-4-5-11(15)10(14)8-9/h4-5,8,12,17H,6-7,16H2,1-3H3. The highest BCUT2D eigenvalue weighted by molar-refractivity contribution is 6.30. The molecule has 17 heavy (non-hydrogen) atoms. The van der Waals surface area contributed by atoms with Gasteiger partial charge in [0.1, 0.15) is 5.82 Å². The van der Waals surface area contributed by atoms with E-state index in [2.05, 4.69) is 26.2 Å². The number of hydrazine groups is 1. The minimum absolute atomic E-state index is 0.00678. The Balaban J connectivity index is 2.76. The van der Waals surface area contributed by atoms with Crippen molar-refractivity contribution in [2.24, 2.45) is 11.3 Å². The summed E-state index contributed by atoms with van der Waals surface area (Å²) in [5.41, 5.74) is 3.93. The van der Waals surface area contributed by atoms with Crippen molar-refractivity contribution in [3.05, 3.63) is 34.6 Å². The Hall–Kier alpha value is -0.640. The van der Waals surface area contributed by atoms with Crippen molar-refractivity contribution in [3.63, 3.8) is 0 Å². The Morgan fingerprint density at radius 2 is 2.06 bits per heavy atom. The lowest BCUT2D eigenvalue weighted by Crippen LogP contribution is -2.29. The second-order valence-electron chi connectivity index (χ2n) is 5.49. The molecule has 0 radical (unpaired) electrons. The van der Waals surface area contributed by atoms with Crippen LogP contribution in [0.1, 0.15) is 45.2 Å². The zero-order chi connectivity index (χ0) is 13.1. The van der Waals surface area contributed by atoms with Gasteiger partial charge in [0, 0.05) is 6.04 Å². The first-order valence-electron chi connectivity index (χ1n) is 5.74. The van der Waals surface area contributed by atoms with Crippen LogP contribution < -0.4 is 11.3 Å². The van der Waals surface area contributed by atoms with Crippen LogP contribution in [-0.4, -0.2) is 0 Å². The Morgan fingerprint density at radius 3 is 2.53 bits per heavy atom. The zero-order valence-corrected chi connectivity index (χ0v) is 11.3. The maximum atomic E-state index is 13.1. The van der Waals surface area contributed by atoms with E-state index in [1.807, 2.05) is 0 Å². The summed E-state index contributed by atoms with van der Waals surface area (Å²) in [6.45, 7) is 6.54. The number of benzene rings is 1. The van der Waals surface area contributed by atoms with E-state index >= 15 is 0 Å². The minimum atomic E-state index is -0.401. The van der Waals surface area contributed by atoms with Crippen LogP contribution in [0.15, 0.2) is 18.2 Å². The molecule has 3 N–H and O–H groups in total. The Morgan fingerprint density at radius 1 is 1.41 bits per heavy atom. The smallest absolute Gasteiger partial charge is 0.141 e. The average molecular weight is 259 g/mol. The Labute approximate surface area is 107 Å². The van der Waals surface area contributed by atoms with E-state index in [-0.39, 0.29) is 16.5 Å². The number of halogens is 2. The molecule has 0 heterocycles. The molecule has 0 aliphatic heterocycles. The number of nitrogens with two attached hydrogens (primary N) is 1. The van der Waals surface area contributed by atoms with E-state index < -0.39 is 5.82 Å². The van der Waals surface area contributed by atoms with Crippen LogP contribution in [-0.2, 0) is 0 Å². The molecule has 0 bridgehead atoms. The molecular weight excluding hydrogens is 239 g/mol.